The highest BCUT2D eigenvalue weighted by Gasteiger charge is 2.62. The zero-order chi connectivity index (χ0) is 18.2. The fraction of sp³-hybridized carbons (Fsp3) is 0.400. The van der Waals surface area contributed by atoms with E-state index >= 15 is 0 Å². The summed E-state index contributed by atoms with van der Waals surface area (Å²) in [6.45, 7) is 3.96. The maximum absolute atomic E-state index is 12.5. The minimum atomic E-state index is -0.480. The van der Waals surface area contributed by atoms with Crippen LogP contribution in [0.2, 0.25) is 0 Å². The average Bonchev–Trinajstić information content (AvgIpc) is 2.88. The zero-order valence-electron chi connectivity index (χ0n) is 14.2. The van der Waals surface area contributed by atoms with Crippen LogP contribution in [0.1, 0.15) is 25.8 Å². The molecule has 132 valence electrons. The number of rotatable bonds is 5. The summed E-state index contributed by atoms with van der Waals surface area (Å²) in [6, 6.07) is 9.78. The highest BCUT2D eigenvalue weighted by molar-refractivity contribution is 6.55. The first-order valence-electron chi connectivity index (χ1n) is 8.30. The van der Waals surface area contributed by atoms with E-state index in [1.807, 2.05) is 44.2 Å². The van der Waals surface area contributed by atoms with Crippen LogP contribution < -0.4 is 0 Å². The van der Waals surface area contributed by atoms with Crippen LogP contribution in [0.25, 0.3) is 0 Å². The Morgan fingerprint density at radius 1 is 1.28 bits per heavy atom. The van der Waals surface area contributed by atoms with Gasteiger partial charge in [-0.05, 0) is 34.6 Å². The lowest BCUT2D eigenvalue weighted by molar-refractivity contribution is -0.149. The van der Waals surface area contributed by atoms with Gasteiger partial charge in [0.1, 0.15) is 10.6 Å². The monoisotopic (exact) mass is 378 g/mol. The molecule has 0 radical (unpaired) electrons. The molecule has 0 N–H and O–H groups in total. The van der Waals surface area contributed by atoms with E-state index in [0.717, 1.165) is 5.56 Å². The first-order chi connectivity index (χ1) is 11.8. The van der Waals surface area contributed by atoms with Crippen LogP contribution in [0.4, 0.5) is 0 Å². The second-order valence-electron chi connectivity index (χ2n) is 7.24. The van der Waals surface area contributed by atoms with Gasteiger partial charge in [0, 0.05) is 6.42 Å². The van der Waals surface area contributed by atoms with Crippen LogP contribution in [0, 0.1) is 17.3 Å². The Balaban J connectivity index is 1.63. The molecule has 5 heteroatoms. The molecule has 0 aliphatic heterocycles. The Hall–Kier alpha value is -1.58. The third-order valence-corrected chi connectivity index (χ3v) is 5.36. The predicted molar refractivity (Wildman–Crippen MR) is 98.3 cm³/mol. The number of hydrogen-bond donors (Lipinski definition) is 0. The topological polar surface area (TPSA) is 43.4 Å². The van der Waals surface area contributed by atoms with Crippen LogP contribution in [-0.2, 0) is 20.7 Å². The minimum Gasteiger partial charge on any atom is -0.457 e. The summed E-state index contributed by atoms with van der Waals surface area (Å²) >= 11 is 11.4. The van der Waals surface area contributed by atoms with Crippen molar-refractivity contribution in [2.45, 2.75) is 32.8 Å². The van der Waals surface area contributed by atoms with E-state index in [1.54, 1.807) is 12.2 Å². The quantitative estimate of drug-likeness (QED) is 0.701. The van der Waals surface area contributed by atoms with Gasteiger partial charge in [-0.2, -0.15) is 0 Å². The van der Waals surface area contributed by atoms with Crippen molar-refractivity contribution in [2.75, 3.05) is 0 Å². The molecule has 3 nitrogen and oxygen atoms in total. The molecule has 1 unspecified atom stereocenters. The molecule has 3 rings (SSSR count). The molecule has 25 heavy (non-hydrogen) atoms. The summed E-state index contributed by atoms with van der Waals surface area (Å²) in [5.74, 6) is -0.565. The van der Waals surface area contributed by atoms with Gasteiger partial charge in [0.05, 0.1) is 12.3 Å². The van der Waals surface area contributed by atoms with Crippen LogP contribution in [-0.4, -0.2) is 17.9 Å². The Morgan fingerprint density at radius 2 is 1.96 bits per heavy atom. The molecule has 3 atom stereocenters. The van der Waals surface area contributed by atoms with E-state index in [0.29, 0.717) is 12.0 Å². The third-order valence-electron chi connectivity index (χ3n) is 5.11. The molecule has 2 aliphatic carbocycles. The average molecular weight is 379 g/mol. The van der Waals surface area contributed by atoms with Gasteiger partial charge >= 0.3 is 5.97 Å². The molecule has 1 saturated carbocycles. The maximum atomic E-state index is 12.5. The predicted octanol–water partition coefficient (Wildman–Crippen LogP) is 4.63. The van der Waals surface area contributed by atoms with Crippen molar-refractivity contribution in [3.8, 4) is 0 Å². The summed E-state index contributed by atoms with van der Waals surface area (Å²) in [7, 11) is 0. The Labute approximate surface area is 157 Å². The molecular weight excluding hydrogens is 359 g/mol. The first kappa shape index (κ1) is 18.2. The van der Waals surface area contributed by atoms with E-state index in [9.17, 15) is 9.59 Å². The highest BCUT2D eigenvalue weighted by atomic mass is 35.5. The Bertz CT molecular complexity index is 745. The van der Waals surface area contributed by atoms with Gasteiger partial charge in [-0.3, -0.25) is 9.59 Å². The molecule has 0 heterocycles. The van der Waals surface area contributed by atoms with Gasteiger partial charge in [0.25, 0.3) is 0 Å². The SMILES string of the molecule is CC1(C)[C@H](C(=O)OC2C=C(Cc3ccccc3)C(=O)C2)[C@@H]1C=C(Cl)Cl. The molecule has 1 fully saturated rings. The lowest BCUT2D eigenvalue weighted by Crippen LogP contribution is -2.18. The summed E-state index contributed by atoms with van der Waals surface area (Å²) < 4.78 is 5.73. The zero-order valence-corrected chi connectivity index (χ0v) is 15.7. The number of ether oxygens (including phenoxy) is 1. The van der Waals surface area contributed by atoms with E-state index in [1.165, 1.54) is 0 Å². The van der Waals surface area contributed by atoms with Crippen molar-refractivity contribution < 1.29 is 14.3 Å². The second kappa shape index (κ2) is 6.97. The third kappa shape index (κ3) is 3.99. The van der Waals surface area contributed by atoms with Crippen molar-refractivity contribution in [3.63, 3.8) is 0 Å². The highest BCUT2D eigenvalue weighted by Crippen LogP contribution is 2.60. The molecular formula is C20H20Cl2O3. The fourth-order valence-corrected chi connectivity index (χ4v) is 3.81. The number of carbonyl (C=O) groups is 2. The number of esters is 1. The number of benzene rings is 1. The standard InChI is InChI=1S/C20H20Cl2O3/c1-20(2)15(11-17(21)22)18(20)19(24)25-14-9-13(16(23)10-14)8-12-6-4-3-5-7-12/h3-7,9,11,14-15,18H,8,10H2,1-2H3/t14?,15-,18-/m0/s1. The molecule has 0 saturated heterocycles. The van der Waals surface area contributed by atoms with E-state index in [2.05, 4.69) is 0 Å². The van der Waals surface area contributed by atoms with Crippen LogP contribution in [0.3, 0.4) is 0 Å². The number of halogens is 2. The number of hydrogen-bond acceptors (Lipinski definition) is 3. The fourth-order valence-electron chi connectivity index (χ4n) is 3.54. The largest absolute Gasteiger partial charge is 0.457 e. The molecule has 1 aromatic carbocycles. The van der Waals surface area contributed by atoms with Gasteiger partial charge < -0.3 is 4.74 Å². The minimum absolute atomic E-state index is 0.0325. The van der Waals surface area contributed by atoms with Gasteiger partial charge in [-0.15, -0.1) is 0 Å². The normalized spacial score (nSPS) is 26.8. The van der Waals surface area contributed by atoms with Crippen molar-refractivity contribution in [3.05, 3.63) is 58.1 Å². The van der Waals surface area contributed by atoms with Crippen molar-refractivity contribution in [1.29, 1.82) is 0 Å². The van der Waals surface area contributed by atoms with Gasteiger partial charge in [-0.25, -0.2) is 0 Å². The molecule has 2 aliphatic rings. The molecule has 0 amide bonds. The number of ketones is 1. The van der Waals surface area contributed by atoms with Crippen molar-refractivity contribution in [2.24, 2.45) is 17.3 Å². The molecule has 0 aromatic heterocycles. The molecule has 1 aromatic rings. The first-order valence-corrected chi connectivity index (χ1v) is 9.05. The number of carbonyl (C=O) groups excluding carboxylic acids is 2. The van der Waals surface area contributed by atoms with Gasteiger partial charge in [0.15, 0.2) is 5.78 Å². The number of allylic oxidation sites excluding steroid dienone is 2. The summed E-state index contributed by atoms with van der Waals surface area (Å²) in [6.07, 6.45) is 3.77. The van der Waals surface area contributed by atoms with Crippen LogP contribution in [0.5, 0.6) is 0 Å². The number of Topliss-reactive ketones (excluding diaryl/α,β-unsaturated/α-hetero) is 1. The smallest absolute Gasteiger partial charge is 0.310 e. The Kier molecular flexibility index (Phi) is 5.08. The van der Waals surface area contributed by atoms with Gasteiger partial charge in [0.2, 0.25) is 0 Å². The molecule has 0 bridgehead atoms. The summed E-state index contributed by atoms with van der Waals surface area (Å²) in [4.78, 5) is 24.7. The van der Waals surface area contributed by atoms with Crippen LogP contribution in [0.15, 0.2) is 52.5 Å². The van der Waals surface area contributed by atoms with Crippen molar-refractivity contribution >= 4 is 35.0 Å². The van der Waals surface area contributed by atoms with Gasteiger partial charge in [-0.1, -0.05) is 67.4 Å². The summed E-state index contributed by atoms with van der Waals surface area (Å²) in [5.41, 5.74) is 1.55. The van der Waals surface area contributed by atoms with E-state index < -0.39 is 6.10 Å². The van der Waals surface area contributed by atoms with E-state index in [4.69, 9.17) is 27.9 Å². The van der Waals surface area contributed by atoms with Crippen molar-refractivity contribution in [1.82, 2.24) is 0 Å². The maximum Gasteiger partial charge on any atom is 0.310 e. The van der Waals surface area contributed by atoms with Crippen LogP contribution >= 0.6 is 23.2 Å². The Morgan fingerprint density at radius 3 is 2.60 bits per heavy atom. The molecule has 0 spiro atoms. The lowest BCUT2D eigenvalue weighted by atomic mass is 10.0. The van der Waals surface area contributed by atoms with E-state index in [-0.39, 0.29) is 39.9 Å². The lowest BCUT2D eigenvalue weighted by Gasteiger charge is -2.09. The summed E-state index contributed by atoms with van der Waals surface area (Å²) in [5, 5.41) is 0. The second-order valence-corrected chi connectivity index (χ2v) is 8.25.